The molecule has 0 aromatic heterocycles. The van der Waals surface area contributed by atoms with Gasteiger partial charge in [-0.05, 0) is 44.9 Å². The quantitative estimate of drug-likeness (QED) is 0.680. The van der Waals surface area contributed by atoms with E-state index in [-0.39, 0.29) is 6.10 Å². The molecule has 80 valence electrons. The molecule has 1 N–H and O–H groups in total. The maximum Gasteiger partial charge on any atom is 0.0726 e. The van der Waals surface area contributed by atoms with Crippen LogP contribution in [-0.4, -0.2) is 11.2 Å². The Morgan fingerprint density at radius 3 is 2.93 bits per heavy atom. The van der Waals surface area contributed by atoms with E-state index in [1.165, 1.54) is 24.8 Å². The van der Waals surface area contributed by atoms with E-state index in [0.717, 1.165) is 12.8 Å². The third kappa shape index (κ3) is 4.10. The molecule has 1 heteroatoms. The Bertz CT molecular complexity index is 215. The van der Waals surface area contributed by atoms with Crippen LogP contribution in [0.25, 0.3) is 0 Å². The summed E-state index contributed by atoms with van der Waals surface area (Å²) in [4.78, 5) is 0. The molecule has 0 fully saturated rings. The molecule has 1 rings (SSSR count). The Balaban J connectivity index is 2.26. The van der Waals surface area contributed by atoms with Gasteiger partial charge in [0.25, 0.3) is 0 Å². The zero-order valence-electron chi connectivity index (χ0n) is 9.37. The van der Waals surface area contributed by atoms with Crippen molar-refractivity contribution in [3.8, 4) is 0 Å². The van der Waals surface area contributed by atoms with Gasteiger partial charge in [-0.1, -0.05) is 30.7 Å². The minimum atomic E-state index is -0.191. The van der Waals surface area contributed by atoms with Crippen molar-refractivity contribution >= 4 is 0 Å². The molecular weight excluding hydrogens is 172 g/mol. The second-order valence-electron chi connectivity index (χ2n) is 4.34. The van der Waals surface area contributed by atoms with Gasteiger partial charge in [0.15, 0.2) is 0 Å². The van der Waals surface area contributed by atoms with Crippen LogP contribution in [0.15, 0.2) is 23.8 Å². The standard InChI is InChI=1S/C13H22O/c1-3-4-5-6-7-12-8-11(2)9-13(14)10-12/h4-5,9,12-14H,3,6-8,10H2,1-2H3/b5-4-. The smallest absolute Gasteiger partial charge is 0.0726 e. The molecule has 1 nitrogen and oxygen atoms in total. The van der Waals surface area contributed by atoms with Gasteiger partial charge in [0.05, 0.1) is 6.10 Å². The van der Waals surface area contributed by atoms with Crippen molar-refractivity contribution < 1.29 is 5.11 Å². The van der Waals surface area contributed by atoms with Crippen molar-refractivity contribution in [1.82, 2.24) is 0 Å². The lowest BCUT2D eigenvalue weighted by Crippen LogP contribution is -2.17. The molecule has 2 atom stereocenters. The van der Waals surface area contributed by atoms with E-state index in [9.17, 15) is 5.11 Å². The molecule has 1 aliphatic rings. The average molecular weight is 194 g/mol. The monoisotopic (exact) mass is 194 g/mol. The summed E-state index contributed by atoms with van der Waals surface area (Å²) >= 11 is 0. The Morgan fingerprint density at radius 2 is 2.29 bits per heavy atom. The van der Waals surface area contributed by atoms with E-state index in [4.69, 9.17) is 0 Å². The molecule has 1 aliphatic carbocycles. The Hall–Kier alpha value is -0.560. The fraction of sp³-hybridized carbons (Fsp3) is 0.692. The molecule has 0 bridgehead atoms. The van der Waals surface area contributed by atoms with Gasteiger partial charge in [-0.2, -0.15) is 0 Å². The lowest BCUT2D eigenvalue weighted by atomic mass is 9.85. The average Bonchev–Trinajstić information content (AvgIpc) is 2.11. The second kappa shape index (κ2) is 6.02. The topological polar surface area (TPSA) is 20.2 Å². The predicted octanol–water partition coefficient (Wildman–Crippen LogP) is 3.45. The van der Waals surface area contributed by atoms with Gasteiger partial charge in [0.1, 0.15) is 0 Å². The van der Waals surface area contributed by atoms with Crippen molar-refractivity contribution in [1.29, 1.82) is 0 Å². The number of rotatable bonds is 4. The second-order valence-corrected chi connectivity index (χ2v) is 4.34. The zero-order chi connectivity index (χ0) is 10.4. The third-order valence-corrected chi connectivity index (χ3v) is 2.81. The normalized spacial score (nSPS) is 28.1. The van der Waals surface area contributed by atoms with E-state index >= 15 is 0 Å². The molecule has 0 spiro atoms. The first-order chi connectivity index (χ1) is 6.72. The number of hydrogen-bond donors (Lipinski definition) is 1. The fourth-order valence-corrected chi connectivity index (χ4v) is 2.18. The van der Waals surface area contributed by atoms with E-state index < -0.39 is 0 Å². The minimum Gasteiger partial charge on any atom is -0.389 e. The van der Waals surface area contributed by atoms with Crippen LogP contribution in [0.1, 0.15) is 46.0 Å². The summed E-state index contributed by atoms with van der Waals surface area (Å²) in [6.45, 7) is 4.28. The first-order valence-electron chi connectivity index (χ1n) is 5.72. The minimum absolute atomic E-state index is 0.191. The van der Waals surface area contributed by atoms with Crippen LogP contribution in [0.5, 0.6) is 0 Å². The molecular formula is C13H22O. The van der Waals surface area contributed by atoms with Gasteiger partial charge in [-0.25, -0.2) is 0 Å². The largest absolute Gasteiger partial charge is 0.389 e. The molecule has 2 unspecified atom stereocenters. The summed E-state index contributed by atoms with van der Waals surface area (Å²) < 4.78 is 0. The maximum absolute atomic E-state index is 9.56. The highest BCUT2D eigenvalue weighted by atomic mass is 16.3. The van der Waals surface area contributed by atoms with Crippen molar-refractivity contribution in [2.45, 2.75) is 52.1 Å². The van der Waals surface area contributed by atoms with E-state index in [2.05, 4.69) is 26.0 Å². The SMILES string of the molecule is CC/C=C\CCC1CC(C)=CC(O)C1. The van der Waals surface area contributed by atoms with Crippen LogP contribution >= 0.6 is 0 Å². The van der Waals surface area contributed by atoms with Crippen molar-refractivity contribution in [2.24, 2.45) is 5.92 Å². The molecule has 0 aliphatic heterocycles. The molecule has 0 aromatic carbocycles. The highest BCUT2D eigenvalue weighted by Crippen LogP contribution is 2.27. The predicted molar refractivity (Wildman–Crippen MR) is 61.2 cm³/mol. The summed E-state index contributed by atoms with van der Waals surface area (Å²) in [6, 6.07) is 0. The summed E-state index contributed by atoms with van der Waals surface area (Å²) in [5.74, 6) is 0.691. The summed E-state index contributed by atoms with van der Waals surface area (Å²) in [5, 5.41) is 9.56. The zero-order valence-corrected chi connectivity index (χ0v) is 9.37. The van der Waals surface area contributed by atoms with Crippen molar-refractivity contribution in [3.63, 3.8) is 0 Å². The van der Waals surface area contributed by atoms with Crippen LogP contribution in [0.4, 0.5) is 0 Å². The number of aliphatic hydroxyl groups excluding tert-OH is 1. The van der Waals surface area contributed by atoms with Crippen LogP contribution in [-0.2, 0) is 0 Å². The van der Waals surface area contributed by atoms with Crippen LogP contribution in [0.3, 0.4) is 0 Å². The number of hydrogen-bond acceptors (Lipinski definition) is 1. The van der Waals surface area contributed by atoms with E-state index in [1.54, 1.807) is 0 Å². The van der Waals surface area contributed by atoms with Crippen LogP contribution < -0.4 is 0 Å². The first-order valence-corrected chi connectivity index (χ1v) is 5.72. The molecule has 0 saturated heterocycles. The van der Waals surface area contributed by atoms with Crippen LogP contribution in [0.2, 0.25) is 0 Å². The number of aliphatic hydroxyl groups is 1. The van der Waals surface area contributed by atoms with Gasteiger partial charge in [0, 0.05) is 0 Å². The molecule has 0 amide bonds. The van der Waals surface area contributed by atoms with Gasteiger partial charge in [0.2, 0.25) is 0 Å². The lowest BCUT2D eigenvalue weighted by Gasteiger charge is -2.24. The number of allylic oxidation sites excluding steroid dienone is 3. The lowest BCUT2D eigenvalue weighted by molar-refractivity contribution is 0.172. The Kier molecular flexibility index (Phi) is 4.95. The van der Waals surface area contributed by atoms with Gasteiger partial charge >= 0.3 is 0 Å². The summed E-state index contributed by atoms with van der Waals surface area (Å²) in [5.41, 5.74) is 1.35. The fourth-order valence-electron chi connectivity index (χ4n) is 2.18. The van der Waals surface area contributed by atoms with Gasteiger partial charge in [-0.3, -0.25) is 0 Å². The molecule has 0 radical (unpaired) electrons. The molecule has 0 aromatic rings. The third-order valence-electron chi connectivity index (χ3n) is 2.81. The Labute approximate surface area is 87.5 Å². The van der Waals surface area contributed by atoms with Crippen molar-refractivity contribution in [2.75, 3.05) is 0 Å². The van der Waals surface area contributed by atoms with E-state index in [0.29, 0.717) is 5.92 Å². The summed E-state index contributed by atoms with van der Waals surface area (Å²) in [6.07, 6.45) is 11.9. The Morgan fingerprint density at radius 1 is 1.50 bits per heavy atom. The van der Waals surface area contributed by atoms with Gasteiger partial charge in [-0.15, -0.1) is 0 Å². The van der Waals surface area contributed by atoms with Crippen molar-refractivity contribution in [3.05, 3.63) is 23.8 Å². The molecule has 0 saturated carbocycles. The summed E-state index contributed by atoms with van der Waals surface area (Å²) in [7, 11) is 0. The first kappa shape index (κ1) is 11.5. The van der Waals surface area contributed by atoms with Crippen LogP contribution in [0, 0.1) is 5.92 Å². The van der Waals surface area contributed by atoms with Gasteiger partial charge < -0.3 is 5.11 Å². The molecule has 14 heavy (non-hydrogen) atoms. The highest BCUT2D eigenvalue weighted by Gasteiger charge is 2.17. The highest BCUT2D eigenvalue weighted by molar-refractivity contribution is 5.07. The maximum atomic E-state index is 9.56. The molecule has 0 heterocycles. The van der Waals surface area contributed by atoms with E-state index in [1.807, 2.05) is 6.08 Å².